The first-order valence-electron chi connectivity index (χ1n) is 10.3. The highest BCUT2D eigenvalue weighted by molar-refractivity contribution is 6.48. The van der Waals surface area contributed by atoms with E-state index in [2.05, 4.69) is 30.7 Å². The van der Waals surface area contributed by atoms with Gasteiger partial charge in [-0.15, -0.1) is 0 Å². The lowest BCUT2D eigenvalue weighted by Crippen LogP contribution is -2.31. The van der Waals surface area contributed by atoms with Gasteiger partial charge >= 0.3 is 0 Å². The number of allylic oxidation sites excluding steroid dienone is 1. The lowest BCUT2D eigenvalue weighted by atomic mass is 10.1. The number of hydrogen-bond acceptors (Lipinski definition) is 9. The van der Waals surface area contributed by atoms with Gasteiger partial charge in [0.15, 0.2) is 5.71 Å². The number of nitrogens with two attached hydrogens (primary N) is 2. The van der Waals surface area contributed by atoms with Crippen LogP contribution in [-0.2, 0) is 14.3 Å². The molecule has 0 aliphatic carbocycles. The molecule has 0 aromatic carbocycles. The predicted molar refractivity (Wildman–Crippen MR) is 127 cm³/mol. The van der Waals surface area contributed by atoms with Crippen LogP contribution in [0.15, 0.2) is 46.9 Å². The van der Waals surface area contributed by atoms with Crippen molar-refractivity contribution < 1.29 is 14.3 Å². The van der Waals surface area contributed by atoms with Crippen molar-refractivity contribution in [2.75, 3.05) is 23.8 Å². The van der Waals surface area contributed by atoms with Crippen molar-refractivity contribution in [1.29, 1.82) is 0 Å². The van der Waals surface area contributed by atoms with Crippen LogP contribution < -0.4 is 22.2 Å². The molecule has 3 rings (SSSR count). The molecule has 11 nitrogen and oxygen atoms in total. The van der Waals surface area contributed by atoms with E-state index in [1.165, 1.54) is 12.4 Å². The van der Waals surface area contributed by atoms with Crippen molar-refractivity contribution in [2.45, 2.75) is 26.3 Å². The third kappa shape index (κ3) is 5.98. The van der Waals surface area contributed by atoms with E-state index < -0.39 is 5.91 Å². The Morgan fingerprint density at radius 2 is 2.03 bits per heavy atom. The number of aryl methyl sites for hydroxylation is 1. The number of aromatic nitrogens is 2. The lowest BCUT2D eigenvalue weighted by Gasteiger charge is -2.21. The van der Waals surface area contributed by atoms with Crippen LogP contribution in [0.5, 0.6) is 0 Å². The Kier molecular flexibility index (Phi) is 7.82. The second-order valence-corrected chi connectivity index (χ2v) is 7.21. The van der Waals surface area contributed by atoms with E-state index in [4.69, 9.17) is 16.3 Å². The van der Waals surface area contributed by atoms with Crippen molar-refractivity contribution in [1.82, 2.24) is 9.97 Å². The van der Waals surface area contributed by atoms with Gasteiger partial charge in [-0.2, -0.15) is 5.10 Å². The molecule has 1 aliphatic heterocycles. The number of pyridine rings is 2. The zero-order valence-corrected chi connectivity index (χ0v) is 18.4. The van der Waals surface area contributed by atoms with Gasteiger partial charge < -0.3 is 26.9 Å². The number of nitrogens with zero attached hydrogens (tertiary/aromatic N) is 4. The number of hydrazone groups is 1. The molecule has 0 radical (unpaired) electrons. The number of aliphatic imine (C=N–C) groups is 1. The minimum atomic E-state index is -0.567. The van der Waals surface area contributed by atoms with Crippen LogP contribution in [0.2, 0.25) is 0 Å². The first-order chi connectivity index (χ1) is 15.9. The highest BCUT2D eigenvalue weighted by Gasteiger charge is 2.18. The van der Waals surface area contributed by atoms with Crippen molar-refractivity contribution in [2.24, 2.45) is 21.7 Å². The summed E-state index contributed by atoms with van der Waals surface area (Å²) in [4.78, 5) is 37.4. The highest BCUT2D eigenvalue weighted by atomic mass is 16.5. The molecule has 0 atom stereocenters. The first kappa shape index (κ1) is 23.5. The largest absolute Gasteiger partial charge is 0.404 e. The molecular weight excluding hydrogens is 424 g/mol. The van der Waals surface area contributed by atoms with Gasteiger partial charge in [-0.25, -0.2) is 0 Å². The number of carbonyl (C=O) groups is 2. The fourth-order valence-electron chi connectivity index (χ4n) is 2.81. The molecule has 172 valence electrons. The third-order valence-electron chi connectivity index (χ3n) is 4.85. The average molecular weight is 451 g/mol. The molecule has 0 unspecified atom stereocenters. The van der Waals surface area contributed by atoms with E-state index in [1.54, 1.807) is 44.5 Å². The lowest BCUT2D eigenvalue weighted by molar-refractivity contribution is -0.116. The summed E-state index contributed by atoms with van der Waals surface area (Å²) in [5.41, 5.74) is 8.78. The van der Waals surface area contributed by atoms with E-state index in [1.807, 2.05) is 0 Å². The van der Waals surface area contributed by atoms with Gasteiger partial charge in [0.05, 0.1) is 48.2 Å². The molecule has 33 heavy (non-hydrogen) atoms. The second kappa shape index (κ2) is 11.0. The van der Waals surface area contributed by atoms with Crippen molar-refractivity contribution >= 4 is 40.7 Å². The molecule has 2 aromatic rings. The smallest absolute Gasteiger partial charge is 0.278 e. The Morgan fingerprint density at radius 3 is 2.61 bits per heavy atom. The van der Waals surface area contributed by atoms with Crippen LogP contribution in [-0.4, -0.2) is 53.0 Å². The Labute approximate surface area is 191 Å². The van der Waals surface area contributed by atoms with E-state index in [0.29, 0.717) is 42.3 Å². The molecule has 3 heterocycles. The fraction of sp³-hybridized carbons (Fsp3) is 0.273. The Balaban J connectivity index is 1.73. The van der Waals surface area contributed by atoms with Gasteiger partial charge in [0.2, 0.25) is 5.91 Å². The topological polar surface area (TPSA) is 170 Å². The summed E-state index contributed by atoms with van der Waals surface area (Å²) >= 11 is 0. The average Bonchev–Trinajstić information content (AvgIpc) is 2.79. The van der Waals surface area contributed by atoms with Crippen LogP contribution in [0.1, 0.15) is 30.3 Å². The SMILES string of the molecule is CCC(=O)Nc1cnc(C)c(NC(=O)/C(=N/N)c2ccc(/C(C=NC3COC3)=C/N)cn2)c1. The molecule has 2 amide bonds. The second-order valence-electron chi connectivity index (χ2n) is 7.21. The molecule has 0 spiro atoms. The number of carbonyl (C=O) groups excluding carboxylic acids is 2. The zero-order chi connectivity index (χ0) is 23.8. The summed E-state index contributed by atoms with van der Waals surface area (Å²) in [5, 5.41) is 9.03. The van der Waals surface area contributed by atoms with E-state index in [-0.39, 0.29) is 23.4 Å². The molecule has 6 N–H and O–H groups in total. The number of ether oxygens (including phenoxy) is 1. The zero-order valence-electron chi connectivity index (χ0n) is 18.4. The van der Waals surface area contributed by atoms with E-state index in [0.717, 1.165) is 5.56 Å². The minimum absolute atomic E-state index is 0.0671. The van der Waals surface area contributed by atoms with Crippen molar-refractivity contribution in [3.63, 3.8) is 0 Å². The molecule has 1 saturated heterocycles. The number of anilines is 2. The van der Waals surface area contributed by atoms with E-state index >= 15 is 0 Å². The van der Waals surface area contributed by atoms with E-state index in [9.17, 15) is 9.59 Å². The van der Waals surface area contributed by atoms with Gasteiger partial charge in [0.1, 0.15) is 0 Å². The van der Waals surface area contributed by atoms with Gasteiger partial charge in [-0.05, 0) is 19.1 Å². The monoisotopic (exact) mass is 450 g/mol. The van der Waals surface area contributed by atoms with Gasteiger partial charge in [0.25, 0.3) is 5.91 Å². The van der Waals surface area contributed by atoms with Crippen LogP contribution in [0.4, 0.5) is 11.4 Å². The summed E-state index contributed by atoms with van der Waals surface area (Å²) in [6.45, 7) is 4.66. The highest BCUT2D eigenvalue weighted by Crippen LogP contribution is 2.19. The molecular formula is C22H26N8O3. The Morgan fingerprint density at radius 1 is 1.24 bits per heavy atom. The van der Waals surface area contributed by atoms with Crippen LogP contribution in [0.25, 0.3) is 5.57 Å². The Bertz CT molecular complexity index is 1110. The summed E-state index contributed by atoms with van der Waals surface area (Å²) in [5.74, 6) is 4.76. The standard InChI is InChI=1S/C22H26N8O3/c1-3-20(31)28-16-6-19(13(2)25-10-16)29-22(32)21(30-24)18-5-4-14(8-27-18)15(7-23)9-26-17-11-33-12-17/h4-10,17H,3,11-12,23-24H2,1-2H3,(H,28,31)(H,29,32)/b15-7+,26-9?,30-21+. The molecule has 1 aliphatic rings. The van der Waals surface area contributed by atoms with Gasteiger partial charge in [-0.1, -0.05) is 13.0 Å². The summed E-state index contributed by atoms with van der Waals surface area (Å²) in [6, 6.07) is 5.12. The van der Waals surface area contributed by atoms with Crippen molar-refractivity contribution in [3.8, 4) is 0 Å². The van der Waals surface area contributed by atoms with Crippen molar-refractivity contribution in [3.05, 3.63) is 53.7 Å². The minimum Gasteiger partial charge on any atom is -0.404 e. The van der Waals surface area contributed by atoms with Gasteiger partial charge in [0, 0.05) is 36.2 Å². The quantitative estimate of drug-likeness (QED) is 0.266. The Hall–Kier alpha value is -4.12. The summed E-state index contributed by atoms with van der Waals surface area (Å²) in [7, 11) is 0. The number of hydrogen-bond donors (Lipinski definition) is 4. The molecule has 0 bridgehead atoms. The maximum Gasteiger partial charge on any atom is 0.278 e. The third-order valence-corrected chi connectivity index (χ3v) is 4.85. The fourth-order valence-corrected chi connectivity index (χ4v) is 2.81. The maximum absolute atomic E-state index is 12.8. The molecule has 2 aromatic heterocycles. The number of rotatable bonds is 8. The predicted octanol–water partition coefficient (Wildman–Crippen LogP) is 1.20. The first-order valence-corrected chi connectivity index (χ1v) is 10.3. The maximum atomic E-state index is 12.8. The molecule has 11 heteroatoms. The number of nitrogens with one attached hydrogen (secondary N) is 2. The molecule has 0 saturated carbocycles. The van der Waals surface area contributed by atoms with Gasteiger partial charge in [-0.3, -0.25) is 24.5 Å². The normalized spacial score (nSPS) is 14.7. The van der Waals surface area contributed by atoms with Crippen LogP contribution >= 0.6 is 0 Å². The van der Waals surface area contributed by atoms with Crippen LogP contribution in [0, 0.1) is 6.92 Å². The number of amides is 2. The molecule has 1 fully saturated rings. The summed E-state index contributed by atoms with van der Waals surface area (Å²) in [6.07, 6.45) is 6.51. The van der Waals surface area contributed by atoms with Crippen LogP contribution in [0.3, 0.4) is 0 Å². The summed E-state index contributed by atoms with van der Waals surface area (Å²) < 4.78 is 5.10.